The van der Waals surface area contributed by atoms with Crippen LogP contribution in [0.15, 0.2) is 70.7 Å². The molecule has 3 aromatic carbocycles. The second-order valence-electron chi connectivity index (χ2n) is 7.52. The van der Waals surface area contributed by atoms with Gasteiger partial charge in [-0.05, 0) is 66.3 Å². The summed E-state index contributed by atoms with van der Waals surface area (Å²) in [4.78, 5) is 27.0. The van der Waals surface area contributed by atoms with Crippen molar-refractivity contribution < 1.29 is 23.5 Å². The minimum absolute atomic E-state index is 0.105. The maximum atomic E-state index is 13.4. The average molecular weight is 566 g/mol. The topological polar surface area (TPSA) is 91.7 Å². The van der Waals surface area contributed by atoms with Gasteiger partial charge in [-0.25, -0.2) is 4.39 Å². The van der Waals surface area contributed by atoms with E-state index in [4.69, 9.17) is 21.7 Å². The van der Waals surface area contributed by atoms with Gasteiger partial charge < -0.3 is 9.47 Å². The summed E-state index contributed by atoms with van der Waals surface area (Å²) in [5, 5.41) is 11.7. The zero-order valence-corrected chi connectivity index (χ0v) is 21.2. The van der Waals surface area contributed by atoms with Gasteiger partial charge in [-0.2, -0.15) is 5.26 Å². The predicted octanol–water partition coefficient (Wildman–Crippen LogP) is 4.88. The molecule has 1 aliphatic heterocycles. The van der Waals surface area contributed by atoms with Gasteiger partial charge in [0.2, 0.25) is 0 Å². The number of nitrogens with one attached hydrogen (secondary N) is 1. The highest BCUT2D eigenvalue weighted by molar-refractivity contribution is 9.10. The normalized spacial score (nSPS) is 14.4. The van der Waals surface area contributed by atoms with E-state index in [0.29, 0.717) is 38.3 Å². The second-order valence-corrected chi connectivity index (χ2v) is 8.76. The van der Waals surface area contributed by atoms with Crippen LogP contribution in [-0.4, -0.2) is 24.0 Å². The summed E-state index contributed by atoms with van der Waals surface area (Å²) in [5.74, 6) is -1.04. The number of rotatable bonds is 6. The first-order valence-electron chi connectivity index (χ1n) is 10.5. The zero-order chi connectivity index (χ0) is 25.8. The van der Waals surface area contributed by atoms with Gasteiger partial charge in [0.25, 0.3) is 11.8 Å². The molecule has 0 aromatic heterocycles. The fourth-order valence-corrected chi connectivity index (χ4v) is 4.20. The molecule has 1 heterocycles. The van der Waals surface area contributed by atoms with Crippen molar-refractivity contribution in [2.45, 2.75) is 6.61 Å². The summed E-state index contributed by atoms with van der Waals surface area (Å²) >= 11 is 8.62. The van der Waals surface area contributed by atoms with Gasteiger partial charge >= 0.3 is 0 Å². The number of ether oxygens (including phenoxy) is 2. The molecule has 180 valence electrons. The standard InChI is InChI=1S/C26H17BrFN3O4S/c1-34-22-11-17(21(27)12-23(22)35-14-16-5-3-2-4-15(16)13-29)10-20-24(32)30-26(36)31(25(20)33)19-8-6-18(28)7-9-19/h2-12H,14H2,1H3,(H,30,32,36). The second kappa shape index (κ2) is 10.7. The molecule has 0 saturated carbocycles. The number of nitrogens with zero attached hydrogens (tertiary/aromatic N) is 2. The van der Waals surface area contributed by atoms with Crippen LogP contribution in [0.1, 0.15) is 16.7 Å². The average Bonchev–Trinajstić information content (AvgIpc) is 2.87. The molecule has 0 radical (unpaired) electrons. The van der Waals surface area contributed by atoms with Gasteiger partial charge in [-0.3, -0.25) is 19.8 Å². The Hall–Kier alpha value is -4.07. The summed E-state index contributed by atoms with van der Waals surface area (Å²) < 4.78 is 25.2. The Balaban J connectivity index is 1.65. The van der Waals surface area contributed by atoms with E-state index in [1.54, 1.807) is 30.3 Å². The molecule has 36 heavy (non-hydrogen) atoms. The fraction of sp³-hybridized carbons (Fsp3) is 0.0769. The van der Waals surface area contributed by atoms with Crippen molar-refractivity contribution in [2.75, 3.05) is 12.0 Å². The molecule has 0 bridgehead atoms. The first-order chi connectivity index (χ1) is 17.3. The Kier molecular flexibility index (Phi) is 7.43. The predicted molar refractivity (Wildman–Crippen MR) is 139 cm³/mol. The number of carbonyl (C=O) groups excluding carboxylic acids is 2. The van der Waals surface area contributed by atoms with Crippen LogP contribution in [0, 0.1) is 17.1 Å². The van der Waals surface area contributed by atoms with Crippen LogP contribution < -0.4 is 19.7 Å². The maximum Gasteiger partial charge on any atom is 0.270 e. The minimum atomic E-state index is -0.664. The number of hydrogen-bond donors (Lipinski definition) is 1. The van der Waals surface area contributed by atoms with Crippen LogP contribution in [0.25, 0.3) is 6.08 Å². The molecule has 0 atom stereocenters. The first-order valence-corrected chi connectivity index (χ1v) is 11.7. The van der Waals surface area contributed by atoms with Crippen molar-refractivity contribution in [1.29, 1.82) is 5.26 Å². The molecular formula is C26H17BrFN3O4S. The summed E-state index contributed by atoms with van der Waals surface area (Å²) in [6.45, 7) is 0.137. The largest absolute Gasteiger partial charge is 0.493 e. The third kappa shape index (κ3) is 5.12. The van der Waals surface area contributed by atoms with E-state index in [-0.39, 0.29) is 17.3 Å². The number of nitriles is 1. The summed E-state index contributed by atoms with van der Waals surface area (Å²) in [7, 11) is 1.46. The molecule has 10 heteroatoms. The maximum absolute atomic E-state index is 13.4. The van der Waals surface area contributed by atoms with Crippen molar-refractivity contribution in [2.24, 2.45) is 0 Å². The highest BCUT2D eigenvalue weighted by Crippen LogP contribution is 2.36. The lowest BCUT2D eigenvalue weighted by Crippen LogP contribution is -2.54. The molecule has 1 saturated heterocycles. The number of benzene rings is 3. The van der Waals surface area contributed by atoms with E-state index in [1.807, 2.05) is 6.07 Å². The minimum Gasteiger partial charge on any atom is -0.493 e. The van der Waals surface area contributed by atoms with E-state index < -0.39 is 17.6 Å². The highest BCUT2D eigenvalue weighted by Gasteiger charge is 2.34. The SMILES string of the molecule is COc1cc(C=C2C(=O)NC(=S)N(c3ccc(F)cc3)C2=O)c(Br)cc1OCc1ccccc1C#N. The molecule has 1 fully saturated rings. The number of methoxy groups -OCH3 is 1. The quantitative estimate of drug-likeness (QED) is 0.260. The number of halogens is 2. The number of hydrogen-bond acceptors (Lipinski definition) is 6. The highest BCUT2D eigenvalue weighted by atomic mass is 79.9. The van der Waals surface area contributed by atoms with Crippen molar-refractivity contribution in [3.8, 4) is 17.6 Å². The van der Waals surface area contributed by atoms with E-state index in [9.17, 15) is 19.2 Å². The van der Waals surface area contributed by atoms with Crippen molar-refractivity contribution in [1.82, 2.24) is 5.32 Å². The van der Waals surface area contributed by atoms with Gasteiger partial charge in [-0.15, -0.1) is 0 Å². The molecule has 0 unspecified atom stereocenters. The van der Waals surface area contributed by atoms with Crippen molar-refractivity contribution in [3.05, 3.63) is 93.2 Å². The lowest BCUT2D eigenvalue weighted by atomic mass is 10.1. The molecule has 4 rings (SSSR count). The first kappa shape index (κ1) is 25.0. The van der Waals surface area contributed by atoms with Gasteiger partial charge in [-0.1, -0.05) is 34.1 Å². The molecule has 3 aromatic rings. The Morgan fingerprint density at radius 1 is 1.14 bits per heavy atom. The summed E-state index contributed by atoms with van der Waals surface area (Å²) in [6.07, 6.45) is 1.40. The molecule has 1 N–H and O–H groups in total. The summed E-state index contributed by atoms with van der Waals surface area (Å²) in [5.41, 5.74) is 1.83. The Morgan fingerprint density at radius 3 is 2.56 bits per heavy atom. The third-order valence-electron chi connectivity index (χ3n) is 5.29. The molecule has 7 nitrogen and oxygen atoms in total. The van der Waals surface area contributed by atoms with E-state index in [2.05, 4.69) is 27.3 Å². The Bertz CT molecular complexity index is 1450. The van der Waals surface area contributed by atoms with Gasteiger partial charge in [0, 0.05) is 10.0 Å². The van der Waals surface area contributed by atoms with Crippen LogP contribution in [0.2, 0.25) is 0 Å². The molecule has 0 aliphatic carbocycles. The van der Waals surface area contributed by atoms with Crippen molar-refractivity contribution >= 4 is 56.8 Å². The van der Waals surface area contributed by atoms with Gasteiger partial charge in [0.15, 0.2) is 16.6 Å². The molecule has 1 aliphatic rings. The van der Waals surface area contributed by atoms with E-state index >= 15 is 0 Å². The number of thiocarbonyl (C=S) groups is 1. The lowest BCUT2D eigenvalue weighted by Gasteiger charge is -2.29. The summed E-state index contributed by atoms with van der Waals surface area (Å²) in [6, 6.07) is 17.6. The smallest absolute Gasteiger partial charge is 0.270 e. The van der Waals surface area contributed by atoms with E-state index in [1.165, 1.54) is 37.5 Å². The number of carbonyl (C=O) groups is 2. The molecule has 2 amide bonds. The van der Waals surface area contributed by atoms with Crippen LogP contribution >= 0.6 is 28.1 Å². The van der Waals surface area contributed by atoms with Crippen molar-refractivity contribution in [3.63, 3.8) is 0 Å². The lowest BCUT2D eigenvalue weighted by molar-refractivity contribution is -0.122. The third-order valence-corrected chi connectivity index (χ3v) is 6.26. The zero-order valence-electron chi connectivity index (χ0n) is 18.7. The van der Waals surface area contributed by atoms with Crippen LogP contribution in [0.4, 0.5) is 10.1 Å². The Morgan fingerprint density at radius 2 is 1.86 bits per heavy atom. The number of amides is 2. The van der Waals surface area contributed by atoms with Gasteiger partial charge in [0.1, 0.15) is 18.0 Å². The number of anilines is 1. The van der Waals surface area contributed by atoms with Crippen LogP contribution in [0.3, 0.4) is 0 Å². The Labute approximate surface area is 219 Å². The fourth-order valence-electron chi connectivity index (χ4n) is 3.48. The van der Waals surface area contributed by atoms with Crippen LogP contribution in [0.5, 0.6) is 11.5 Å². The van der Waals surface area contributed by atoms with Crippen LogP contribution in [-0.2, 0) is 16.2 Å². The van der Waals surface area contributed by atoms with Gasteiger partial charge in [0.05, 0.1) is 24.4 Å². The molecule has 0 spiro atoms. The van der Waals surface area contributed by atoms with E-state index in [0.717, 1.165) is 4.90 Å². The molecular weight excluding hydrogens is 549 g/mol. The monoisotopic (exact) mass is 565 g/mol.